The van der Waals surface area contributed by atoms with Gasteiger partial charge in [-0.3, -0.25) is 4.99 Å². The van der Waals surface area contributed by atoms with Gasteiger partial charge in [-0.15, -0.1) is 23.2 Å². The third-order valence-electron chi connectivity index (χ3n) is 1.80. The molecule has 1 unspecified atom stereocenters. The number of guanidine groups is 1. The van der Waals surface area contributed by atoms with Gasteiger partial charge in [-0.05, 0) is 13.3 Å². The number of aliphatic imine (C=N–C) groups is 1. The summed E-state index contributed by atoms with van der Waals surface area (Å²) in [7, 11) is 0. The van der Waals surface area contributed by atoms with Gasteiger partial charge in [0.1, 0.15) is 4.33 Å². The molecule has 0 aromatic carbocycles. The van der Waals surface area contributed by atoms with Crippen LogP contribution in [0.2, 0.25) is 0 Å². The zero-order valence-electron chi connectivity index (χ0n) is 6.98. The Morgan fingerprint density at radius 3 is 2.75 bits per heavy atom. The first-order valence-electron chi connectivity index (χ1n) is 3.98. The molecule has 0 aliphatic heterocycles. The summed E-state index contributed by atoms with van der Waals surface area (Å²) in [5, 5.41) is 2.90. The van der Waals surface area contributed by atoms with Gasteiger partial charge in [0.25, 0.3) is 0 Å². The molecule has 0 saturated heterocycles. The summed E-state index contributed by atoms with van der Waals surface area (Å²) in [5.41, 5.74) is 5.50. The van der Waals surface area contributed by atoms with Gasteiger partial charge in [0.15, 0.2) is 5.96 Å². The standard InChI is InChI=1S/C7H13Cl2N3/c1-2-11-6(10)12-4-5-3-7(5,8)9/h5H,2-4H2,1H3,(H3,10,11,12). The molecule has 3 N–H and O–H groups in total. The summed E-state index contributed by atoms with van der Waals surface area (Å²) in [4.78, 5) is 4.09. The van der Waals surface area contributed by atoms with Crippen LogP contribution in [0.15, 0.2) is 4.99 Å². The van der Waals surface area contributed by atoms with E-state index in [1.807, 2.05) is 6.92 Å². The summed E-state index contributed by atoms with van der Waals surface area (Å²) < 4.78 is -0.546. The molecule has 0 spiro atoms. The lowest BCUT2D eigenvalue weighted by atomic mass is 10.4. The van der Waals surface area contributed by atoms with E-state index in [0.29, 0.717) is 12.5 Å². The van der Waals surface area contributed by atoms with Crippen molar-refractivity contribution in [2.45, 2.75) is 17.7 Å². The predicted molar refractivity (Wildman–Crippen MR) is 52.7 cm³/mol. The fourth-order valence-corrected chi connectivity index (χ4v) is 1.42. The molecule has 0 aromatic heterocycles. The molecule has 1 saturated carbocycles. The van der Waals surface area contributed by atoms with E-state index in [-0.39, 0.29) is 5.92 Å². The Morgan fingerprint density at radius 1 is 1.75 bits per heavy atom. The first-order chi connectivity index (χ1) is 5.56. The Balaban J connectivity index is 2.21. The average molecular weight is 210 g/mol. The first kappa shape index (κ1) is 9.93. The maximum atomic E-state index is 5.80. The molecule has 1 aliphatic rings. The molecule has 1 rings (SSSR count). The molecule has 5 heteroatoms. The molecule has 0 aromatic rings. The molecule has 1 atom stereocenters. The van der Waals surface area contributed by atoms with Crippen LogP contribution in [0.25, 0.3) is 0 Å². The lowest BCUT2D eigenvalue weighted by Gasteiger charge is -2.01. The minimum Gasteiger partial charge on any atom is -0.370 e. The van der Waals surface area contributed by atoms with Crippen molar-refractivity contribution in [3.05, 3.63) is 0 Å². The molecular weight excluding hydrogens is 197 g/mol. The highest BCUT2D eigenvalue weighted by Gasteiger charge is 2.51. The summed E-state index contributed by atoms with van der Waals surface area (Å²) in [6.45, 7) is 3.37. The summed E-state index contributed by atoms with van der Waals surface area (Å²) in [6.07, 6.45) is 0.818. The molecule has 0 heterocycles. The molecule has 0 radical (unpaired) electrons. The van der Waals surface area contributed by atoms with Crippen LogP contribution in [-0.2, 0) is 0 Å². The highest BCUT2D eigenvalue weighted by atomic mass is 35.5. The fourth-order valence-electron chi connectivity index (χ4n) is 0.913. The highest BCUT2D eigenvalue weighted by Crippen LogP contribution is 2.53. The van der Waals surface area contributed by atoms with Gasteiger partial charge in [-0.1, -0.05) is 0 Å². The SMILES string of the molecule is CCNC(N)=NCC1CC1(Cl)Cl. The Morgan fingerprint density at radius 2 is 2.33 bits per heavy atom. The number of nitrogens with zero attached hydrogens (tertiary/aromatic N) is 1. The number of nitrogens with two attached hydrogens (primary N) is 1. The third-order valence-corrected chi connectivity index (χ3v) is 2.72. The van der Waals surface area contributed by atoms with E-state index in [0.717, 1.165) is 13.0 Å². The number of hydrogen-bond donors (Lipinski definition) is 2. The van der Waals surface area contributed by atoms with Crippen LogP contribution in [0, 0.1) is 5.92 Å². The highest BCUT2D eigenvalue weighted by molar-refractivity contribution is 6.50. The van der Waals surface area contributed by atoms with E-state index in [2.05, 4.69) is 10.3 Å². The van der Waals surface area contributed by atoms with E-state index >= 15 is 0 Å². The topological polar surface area (TPSA) is 50.4 Å². The molecule has 3 nitrogen and oxygen atoms in total. The van der Waals surface area contributed by atoms with Crippen molar-refractivity contribution < 1.29 is 0 Å². The van der Waals surface area contributed by atoms with Crippen LogP contribution in [0.4, 0.5) is 0 Å². The number of hydrogen-bond acceptors (Lipinski definition) is 1. The molecule has 1 fully saturated rings. The minimum absolute atomic E-state index is 0.276. The predicted octanol–water partition coefficient (Wildman–Crippen LogP) is 1.10. The van der Waals surface area contributed by atoms with Crippen LogP contribution >= 0.6 is 23.2 Å². The smallest absolute Gasteiger partial charge is 0.188 e. The van der Waals surface area contributed by atoms with Crippen molar-refractivity contribution in [2.75, 3.05) is 13.1 Å². The van der Waals surface area contributed by atoms with Gasteiger partial charge in [0, 0.05) is 19.0 Å². The minimum atomic E-state index is -0.546. The van der Waals surface area contributed by atoms with E-state index in [1.165, 1.54) is 0 Å². The van der Waals surface area contributed by atoms with Crippen LogP contribution in [0.1, 0.15) is 13.3 Å². The normalized spacial score (nSPS) is 26.9. The Kier molecular flexibility index (Phi) is 3.07. The Bertz CT molecular complexity index is 191. The number of nitrogens with one attached hydrogen (secondary N) is 1. The van der Waals surface area contributed by atoms with E-state index < -0.39 is 4.33 Å². The van der Waals surface area contributed by atoms with Crippen molar-refractivity contribution in [1.29, 1.82) is 0 Å². The molecule has 12 heavy (non-hydrogen) atoms. The Labute approximate surface area is 82.3 Å². The van der Waals surface area contributed by atoms with Crippen molar-refractivity contribution in [2.24, 2.45) is 16.6 Å². The lowest BCUT2D eigenvalue weighted by Crippen LogP contribution is -2.31. The van der Waals surface area contributed by atoms with Gasteiger partial charge in [-0.2, -0.15) is 0 Å². The molecular formula is C7H13Cl2N3. The van der Waals surface area contributed by atoms with Crippen molar-refractivity contribution in [1.82, 2.24) is 5.32 Å². The second kappa shape index (κ2) is 3.71. The lowest BCUT2D eigenvalue weighted by molar-refractivity contribution is 0.819. The van der Waals surface area contributed by atoms with E-state index in [1.54, 1.807) is 0 Å². The maximum Gasteiger partial charge on any atom is 0.188 e. The number of rotatable bonds is 3. The second-order valence-electron chi connectivity index (χ2n) is 2.92. The summed E-state index contributed by atoms with van der Waals surface area (Å²) >= 11 is 11.6. The summed E-state index contributed by atoms with van der Waals surface area (Å²) in [5.74, 6) is 0.742. The van der Waals surface area contributed by atoms with E-state index in [4.69, 9.17) is 28.9 Å². The van der Waals surface area contributed by atoms with Crippen molar-refractivity contribution in [3.63, 3.8) is 0 Å². The zero-order valence-corrected chi connectivity index (χ0v) is 8.49. The average Bonchev–Trinajstić information content (AvgIpc) is 2.56. The number of alkyl halides is 2. The van der Waals surface area contributed by atoms with Gasteiger partial charge < -0.3 is 11.1 Å². The van der Waals surface area contributed by atoms with Crippen LogP contribution < -0.4 is 11.1 Å². The molecule has 0 bridgehead atoms. The van der Waals surface area contributed by atoms with E-state index in [9.17, 15) is 0 Å². The molecule has 0 amide bonds. The molecule has 1 aliphatic carbocycles. The third kappa shape index (κ3) is 2.72. The fraction of sp³-hybridized carbons (Fsp3) is 0.857. The van der Waals surface area contributed by atoms with Crippen LogP contribution in [0.3, 0.4) is 0 Å². The summed E-state index contributed by atoms with van der Waals surface area (Å²) in [6, 6.07) is 0. The van der Waals surface area contributed by atoms with Gasteiger partial charge in [0.05, 0.1) is 0 Å². The second-order valence-corrected chi connectivity index (χ2v) is 4.46. The monoisotopic (exact) mass is 209 g/mol. The zero-order chi connectivity index (χ0) is 9.19. The van der Waals surface area contributed by atoms with Crippen LogP contribution in [0.5, 0.6) is 0 Å². The van der Waals surface area contributed by atoms with Gasteiger partial charge >= 0.3 is 0 Å². The van der Waals surface area contributed by atoms with Crippen molar-refractivity contribution >= 4 is 29.2 Å². The van der Waals surface area contributed by atoms with Gasteiger partial charge in [-0.25, -0.2) is 0 Å². The maximum absolute atomic E-state index is 5.80. The quantitative estimate of drug-likeness (QED) is 0.416. The number of halogens is 2. The van der Waals surface area contributed by atoms with Gasteiger partial charge in [0.2, 0.25) is 0 Å². The largest absolute Gasteiger partial charge is 0.370 e. The van der Waals surface area contributed by atoms with Crippen LogP contribution in [-0.4, -0.2) is 23.4 Å². The molecule has 70 valence electrons. The first-order valence-corrected chi connectivity index (χ1v) is 4.73. The Hall–Kier alpha value is -0.150. The van der Waals surface area contributed by atoms with Crippen molar-refractivity contribution in [3.8, 4) is 0 Å².